The molecule has 2 aliphatic rings. The zero-order valence-electron chi connectivity index (χ0n) is 14.5. The van der Waals surface area contributed by atoms with Crippen LogP contribution in [-0.4, -0.2) is 35.8 Å². The first kappa shape index (κ1) is 17.8. The maximum atomic E-state index is 14.4. The minimum Gasteiger partial charge on any atom is -0.353 e. The van der Waals surface area contributed by atoms with Gasteiger partial charge in [0.1, 0.15) is 11.6 Å². The summed E-state index contributed by atoms with van der Waals surface area (Å²) in [5.74, 6) is -1.39. The third-order valence-electron chi connectivity index (χ3n) is 5.50. The van der Waals surface area contributed by atoms with E-state index in [9.17, 15) is 18.4 Å². The monoisotopic (exact) mass is 350 g/mol. The predicted octanol–water partition coefficient (Wildman–Crippen LogP) is 2.90. The highest BCUT2D eigenvalue weighted by Gasteiger charge is 2.47. The first-order valence-corrected chi connectivity index (χ1v) is 8.94. The summed E-state index contributed by atoms with van der Waals surface area (Å²) in [6.07, 6.45) is 4.33. The molecule has 1 saturated carbocycles. The molecule has 1 heterocycles. The Bertz CT molecular complexity index is 663. The van der Waals surface area contributed by atoms with Crippen molar-refractivity contribution in [3.63, 3.8) is 0 Å². The highest BCUT2D eigenvalue weighted by molar-refractivity contribution is 5.89. The predicted molar refractivity (Wildman–Crippen MR) is 89.9 cm³/mol. The highest BCUT2D eigenvalue weighted by atomic mass is 19.1. The van der Waals surface area contributed by atoms with Gasteiger partial charge in [0.25, 0.3) is 0 Å². The molecular weight excluding hydrogens is 326 g/mol. The SMILES string of the molecule is CC(=O)NC1CCN(C(=O)C2(c3ccc(F)cc3F)CCCC2)CC1. The molecule has 1 aromatic rings. The van der Waals surface area contributed by atoms with Crippen LogP contribution < -0.4 is 5.32 Å². The average Bonchev–Trinajstić information content (AvgIpc) is 3.05. The lowest BCUT2D eigenvalue weighted by molar-refractivity contribution is -0.138. The van der Waals surface area contributed by atoms with Gasteiger partial charge in [-0.3, -0.25) is 9.59 Å². The number of amides is 2. The lowest BCUT2D eigenvalue weighted by Crippen LogP contribution is -2.51. The third kappa shape index (κ3) is 3.53. The number of nitrogens with zero attached hydrogens (tertiary/aromatic N) is 1. The van der Waals surface area contributed by atoms with Crippen molar-refractivity contribution in [3.05, 3.63) is 35.4 Å². The molecule has 2 amide bonds. The molecular formula is C19H24F2N2O2. The number of hydrogen-bond acceptors (Lipinski definition) is 2. The molecule has 136 valence electrons. The number of carbonyl (C=O) groups excluding carboxylic acids is 2. The largest absolute Gasteiger partial charge is 0.353 e. The Balaban J connectivity index is 1.79. The lowest BCUT2D eigenvalue weighted by atomic mass is 9.76. The van der Waals surface area contributed by atoms with E-state index in [4.69, 9.17) is 0 Å². The molecule has 0 radical (unpaired) electrons. The fraction of sp³-hybridized carbons (Fsp3) is 0.579. The smallest absolute Gasteiger partial charge is 0.233 e. The molecule has 25 heavy (non-hydrogen) atoms. The van der Waals surface area contributed by atoms with Gasteiger partial charge in [0.2, 0.25) is 11.8 Å². The molecule has 0 unspecified atom stereocenters. The zero-order chi connectivity index (χ0) is 18.0. The molecule has 1 aliphatic carbocycles. The zero-order valence-corrected chi connectivity index (χ0v) is 14.5. The number of halogens is 2. The number of benzene rings is 1. The van der Waals surface area contributed by atoms with Crippen LogP contribution in [-0.2, 0) is 15.0 Å². The van der Waals surface area contributed by atoms with Gasteiger partial charge in [-0.25, -0.2) is 8.78 Å². The highest BCUT2D eigenvalue weighted by Crippen LogP contribution is 2.44. The molecule has 6 heteroatoms. The summed E-state index contributed by atoms with van der Waals surface area (Å²) in [4.78, 5) is 26.2. The minimum atomic E-state index is -0.876. The molecule has 2 fully saturated rings. The number of likely N-dealkylation sites (tertiary alicyclic amines) is 1. The van der Waals surface area contributed by atoms with Crippen LogP contribution >= 0.6 is 0 Å². The van der Waals surface area contributed by atoms with Crippen LogP contribution in [0.3, 0.4) is 0 Å². The molecule has 0 atom stereocenters. The van der Waals surface area contributed by atoms with Crippen LogP contribution in [0.1, 0.15) is 51.0 Å². The molecule has 0 bridgehead atoms. The van der Waals surface area contributed by atoms with Crippen molar-refractivity contribution in [3.8, 4) is 0 Å². The first-order chi connectivity index (χ1) is 11.9. The van der Waals surface area contributed by atoms with Crippen LogP contribution in [0.5, 0.6) is 0 Å². The van der Waals surface area contributed by atoms with Gasteiger partial charge < -0.3 is 10.2 Å². The summed E-state index contributed by atoms with van der Waals surface area (Å²) in [6.45, 7) is 2.59. The van der Waals surface area contributed by atoms with Crippen LogP contribution in [0, 0.1) is 11.6 Å². The van der Waals surface area contributed by atoms with Gasteiger partial charge in [-0.2, -0.15) is 0 Å². The molecule has 0 spiro atoms. The van der Waals surface area contributed by atoms with E-state index in [-0.39, 0.29) is 17.9 Å². The third-order valence-corrected chi connectivity index (χ3v) is 5.50. The Hall–Kier alpha value is -1.98. The normalized spacial score (nSPS) is 20.5. The van der Waals surface area contributed by atoms with E-state index in [0.29, 0.717) is 44.3 Å². The van der Waals surface area contributed by atoms with Gasteiger partial charge in [0, 0.05) is 37.7 Å². The lowest BCUT2D eigenvalue weighted by Gasteiger charge is -2.39. The van der Waals surface area contributed by atoms with Crippen molar-refractivity contribution in [2.75, 3.05) is 13.1 Å². The first-order valence-electron chi connectivity index (χ1n) is 8.94. The fourth-order valence-corrected chi connectivity index (χ4v) is 4.27. The van der Waals surface area contributed by atoms with Gasteiger partial charge in [-0.15, -0.1) is 0 Å². The van der Waals surface area contributed by atoms with Crippen LogP contribution in [0.25, 0.3) is 0 Å². The molecule has 3 rings (SSSR count). The summed E-state index contributed by atoms with van der Waals surface area (Å²) >= 11 is 0. The molecule has 1 aliphatic heterocycles. The van der Waals surface area contributed by atoms with Gasteiger partial charge in [0.05, 0.1) is 5.41 Å². The number of hydrogen-bond donors (Lipinski definition) is 1. The van der Waals surface area contributed by atoms with Crippen LogP contribution in [0.4, 0.5) is 8.78 Å². The maximum Gasteiger partial charge on any atom is 0.233 e. The number of nitrogens with one attached hydrogen (secondary N) is 1. The summed E-state index contributed by atoms with van der Waals surface area (Å²) in [6, 6.07) is 3.61. The quantitative estimate of drug-likeness (QED) is 0.911. The molecule has 4 nitrogen and oxygen atoms in total. The minimum absolute atomic E-state index is 0.0585. The summed E-state index contributed by atoms with van der Waals surface area (Å²) < 4.78 is 27.7. The Labute approximate surface area is 146 Å². The molecule has 1 saturated heterocycles. The number of rotatable bonds is 3. The maximum absolute atomic E-state index is 14.4. The average molecular weight is 350 g/mol. The van der Waals surface area contributed by atoms with E-state index in [1.54, 1.807) is 4.90 Å². The summed E-state index contributed by atoms with van der Waals surface area (Å²) in [5, 5.41) is 2.89. The topological polar surface area (TPSA) is 49.4 Å². The van der Waals surface area contributed by atoms with E-state index in [1.807, 2.05) is 0 Å². The van der Waals surface area contributed by atoms with E-state index in [0.717, 1.165) is 18.9 Å². The van der Waals surface area contributed by atoms with Crippen LogP contribution in [0.15, 0.2) is 18.2 Å². The standard InChI is InChI=1S/C19H24F2N2O2/c1-13(24)22-15-6-10-23(11-7-15)18(25)19(8-2-3-9-19)16-5-4-14(20)12-17(16)21/h4-5,12,15H,2-3,6-11H2,1H3,(H,22,24). The second-order valence-electron chi connectivity index (χ2n) is 7.18. The molecule has 1 N–H and O–H groups in total. The number of piperidine rings is 1. The van der Waals surface area contributed by atoms with Gasteiger partial charge >= 0.3 is 0 Å². The van der Waals surface area contributed by atoms with E-state index in [1.165, 1.54) is 19.1 Å². The van der Waals surface area contributed by atoms with Gasteiger partial charge in [-0.05, 0) is 31.7 Å². The Morgan fingerprint density at radius 3 is 2.36 bits per heavy atom. The van der Waals surface area contributed by atoms with Crippen molar-refractivity contribution in [1.29, 1.82) is 0 Å². The van der Waals surface area contributed by atoms with E-state index < -0.39 is 17.0 Å². The van der Waals surface area contributed by atoms with Crippen LogP contribution in [0.2, 0.25) is 0 Å². The summed E-state index contributed by atoms with van der Waals surface area (Å²) in [5.41, 5.74) is -0.557. The fourth-order valence-electron chi connectivity index (χ4n) is 4.27. The van der Waals surface area contributed by atoms with E-state index in [2.05, 4.69) is 5.32 Å². The Morgan fingerprint density at radius 2 is 1.80 bits per heavy atom. The summed E-state index contributed by atoms with van der Waals surface area (Å²) in [7, 11) is 0. The number of carbonyl (C=O) groups is 2. The van der Waals surface area contributed by atoms with Crippen molar-refractivity contribution in [2.24, 2.45) is 0 Å². The Morgan fingerprint density at radius 1 is 1.16 bits per heavy atom. The van der Waals surface area contributed by atoms with Crippen molar-refractivity contribution < 1.29 is 18.4 Å². The molecule has 0 aromatic heterocycles. The van der Waals surface area contributed by atoms with E-state index >= 15 is 0 Å². The van der Waals surface area contributed by atoms with Crippen molar-refractivity contribution >= 4 is 11.8 Å². The van der Waals surface area contributed by atoms with Crippen molar-refractivity contribution in [1.82, 2.24) is 10.2 Å². The van der Waals surface area contributed by atoms with Gasteiger partial charge in [0.15, 0.2) is 0 Å². The molecule has 1 aromatic carbocycles. The van der Waals surface area contributed by atoms with Gasteiger partial charge in [-0.1, -0.05) is 18.9 Å². The Kier molecular flexibility index (Phi) is 5.06. The van der Waals surface area contributed by atoms with Crippen molar-refractivity contribution in [2.45, 2.75) is 56.9 Å². The second-order valence-corrected chi connectivity index (χ2v) is 7.18. The second kappa shape index (κ2) is 7.10.